The highest BCUT2D eigenvalue weighted by Gasteiger charge is 2.19. The minimum absolute atomic E-state index is 0.0656. The molecule has 2 rings (SSSR count). The van der Waals surface area contributed by atoms with E-state index in [1.165, 1.54) is 12.1 Å². The molecular weight excluding hydrogens is 220 g/mol. The highest BCUT2D eigenvalue weighted by atomic mass is 16.6. The van der Waals surface area contributed by atoms with Crippen LogP contribution in [0.1, 0.15) is 18.4 Å². The number of hydrogen-bond donors (Lipinski definition) is 1. The number of benzene rings is 1. The number of non-ortho nitro benzene ring substituents is 1. The lowest BCUT2D eigenvalue weighted by atomic mass is 10.1. The zero-order valence-corrected chi connectivity index (χ0v) is 9.50. The maximum Gasteiger partial charge on any atom is 0.269 e. The van der Waals surface area contributed by atoms with Crippen molar-refractivity contribution in [3.8, 4) is 0 Å². The fourth-order valence-corrected chi connectivity index (χ4v) is 2.10. The molecule has 1 aromatic carbocycles. The summed E-state index contributed by atoms with van der Waals surface area (Å²) in [5.74, 6) is 0. The lowest BCUT2D eigenvalue weighted by Gasteiger charge is -2.32. The number of nitro groups is 1. The van der Waals surface area contributed by atoms with E-state index in [2.05, 4.69) is 11.8 Å². The van der Waals surface area contributed by atoms with Crippen molar-refractivity contribution >= 4 is 11.4 Å². The normalized spacial score (nSPS) is 17.2. The lowest BCUT2D eigenvalue weighted by molar-refractivity contribution is -0.384. The molecule has 1 N–H and O–H groups in total. The largest absolute Gasteiger partial charge is 0.393 e. The van der Waals surface area contributed by atoms with Crippen molar-refractivity contribution in [1.82, 2.24) is 0 Å². The second-order valence-electron chi connectivity index (χ2n) is 4.29. The molecule has 0 atom stereocenters. The third kappa shape index (κ3) is 2.55. The maximum absolute atomic E-state index is 10.6. The predicted molar refractivity (Wildman–Crippen MR) is 65.0 cm³/mol. The fourth-order valence-electron chi connectivity index (χ4n) is 2.10. The van der Waals surface area contributed by atoms with Crippen LogP contribution in [0.4, 0.5) is 11.4 Å². The molecule has 0 amide bonds. The summed E-state index contributed by atoms with van der Waals surface area (Å²) < 4.78 is 0. The molecule has 1 saturated heterocycles. The number of nitro benzene ring substituents is 1. The van der Waals surface area contributed by atoms with E-state index in [9.17, 15) is 15.2 Å². The van der Waals surface area contributed by atoms with Crippen molar-refractivity contribution in [3.05, 3.63) is 40.8 Å². The zero-order chi connectivity index (χ0) is 12.4. The van der Waals surface area contributed by atoms with Crippen LogP contribution in [0.3, 0.4) is 0 Å². The third-order valence-electron chi connectivity index (χ3n) is 3.08. The Labute approximate surface area is 99.8 Å². The molecule has 1 aromatic rings. The predicted octanol–water partition coefficient (Wildman–Crippen LogP) is 1.74. The monoisotopic (exact) mass is 235 g/mol. The van der Waals surface area contributed by atoms with Crippen LogP contribution in [0.25, 0.3) is 0 Å². The summed E-state index contributed by atoms with van der Waals surface area (Å²) in [6.07, 6.45) is 1.24. The molecule has 0 unspecified atom stereocenters. The molecule has 1 aliphatic rings. The van der Waals surface area contributed by atoms with E-state index < -0.39 is 4.92 Å². The average molecular weight is 235 g/mol. The Bertz CT molecular complexity index is 426. The Morgan fingerprint density at radius 3 is 2.59 bits per heavy atom. The number of piperidine rings is 1. The minimum atomic E-state index is -0.418. The van der Waals surface area contributed by atoms with E-state index in [-0.39, 0.29) is 11.8 Å². The first-order valence-electron chi connectivity index (χ1n) is 5.61. The van der Waals surface area contributed by atoms with Gasteiger partial charge in [-0.15, -0.1) is 0 Å². The summed E-state index contributed by atoms with van der Waals surface area (Å²) in [6, 6.07) is 4.72. The minimum Gasteiger partial charge on any atom is -0.393 e. The SMILES string of the molecule is [CH2]c1cc([N+](=O)[O-])ccc1N1CCC(O)CC1. The second-order valence-corrected chi connectivity index (χ2v) is 4.29. The second kappa shape index (κ2) is 4.71. The summed E-state index contributed by atoms with van der Waals surface area (Å²) in [5.41, 5.74) is 1.65. The molecule has 17 heavy (non-hydrogen) atoms. The Kier molecular flexibility index (Phi) is 3.28. The van der Waals surface area contributed by atoms with Crippen LogP contribution in [0.2, 0.25) is 0 Å². The fraction of sp³-hybridized carbons (Fsp3) is 0.417. The van der Waals surface area contributed by atoms with Gasteiger partial charge in [-0.2, -0.15) is 0 Å². The highest BCUT2D eigenvalue weighted by molar-refractivity contribution is 5.59. The summed E-state index contributed by atoms with van der Waals surface area (Å²) in [7, 11) is 0. The lowest BCUT2D eigenvalue weighted by Crippen LogP contribution is -2.36. The molecule has 1 heterocycles. The van der Waals surface area contributed by atoms with Crippen molar-refractivity contribution < 1.29 is 10.0 Å². The van der Waals surface area contributed by atoms with E-state index >= 15 is 0 Å². The average Bonchev–Trinajstić information content (AvgIpc) is 2.30. The number of anilines is 1. The van der Waals surface area contributed by atoms with Gasteiger partial charge in [0.25, 0.3) is 5.69 Å². The standard InChI is InChI=1S/C12H15N2O3/c1-9-8-10(14(16)17)2-3-12(9)13-6-4-11(15)5-7-13/h2-3,8,11,15H,1,4-7H2. The zero-order valence-electron chi connectivity index (χ0n) is 9.50. The van der Waals surface area contributed by atoms with Crippen LogP contribution in [0.5, 0.6) is 0 Å². The van der Waals surface area contributed by atoms with Crippen LogP contribution < -0.4 is 4.90 Å². The van der Waals surface area contributed by atoms with Gasteiger partial charge < -0.3 is 10.0 Å². The van der Waals surface area contributed by atoms with Gasteiger partial charge in [-0.3, -0.25) is 10.1 Å². The number of aliphatic hydroxyl groups is 1. The molecule has 1 fully saturated rings. The topological polar surface area (TPSA) is 66.6 Å². The first-order chi connectivity index (χ1) is 8.08. The van der Waals surface area contributed by atoms with Gasteiger partial charge in [0, 0.05) is 30.9 Å². The first kappa shape index (κ1) is 11.9. The maximum atomic E-state index is 10.6. The van der Waals surface area contributed by atoms with Gasteiger partial charge in [0.1, 0.15) is 0 Å². The van der Waals surface area contributed by atoms with Crippen LogP contribution in [0, 0.1) is 17.0 Å². The van der Waals surface area contributed by atoms with E-state index in [1.54, 1.807) is 6.07 Å². The van der Waals surface area contributed by atoms with Crippen molar-refractivity contribution in [2.45, 2.75) is 18.9 Å². The molecule has 5 nitrogen and oxygen atoms in total. The van der Waals surface area contributed by atoms with Crippen molar-refractivity contribution in [2.75, 3.05) is 18.0 Å². The van der Waals surface area contributed by atoms with Gasteiger partial charge >= 0.3 is 0 Å². The van der Waals surface area contributed by atoms with Gasteiger partial charge in [0.15, 0.2) is 0 Å². The molecule has 91 valence electrons. The molecule has 0 spiro atoms. The van der Waals surface area contributed by atoms with Crippen molar-refractivity contribution in [1.29, 1.82) is 0 Å². The number of rotatable bonds is 2. The number of aliphatic hydroxyl groups excluding tert-OH is 1. The van der Waals surface area contributed by atoms with Crippen LogP contribution in [-0.4, -0.2) is 29.2 Å². The molecule has 1 aliphatic heterocycles. The van der Waals surface area contributed by atoms with Gasteiger partial charge in [0.2, 0.25) is 0 Å². The van der Waals surface area contributed by atoms with Crippen LogP contribution in [-0.2, 0) is 0 Å². The molecular formula is C12H15N2O3. The number of nitrogens with zero attached hydrogens (tertiary/aromatic N) is 2. The molecule has 1 radical (unpaired) electrons. The summed E-state index contributed by atoms with van der Waals surface area (Å²) >= 11 is 0. The summed E-state index contributed by atoms with van der Waals surface area (Å²) in [5, 5.41) is 20.0. The van der Waals surface area contributed by atoms with Gasteiger partial charge in [0.05, 0.1) is 11.0 Å². The summed E-state index contributed by atoms with van der Waals surface area (Å²) in [4.78, 5) is 12.3. The third-order valence-corrected chi connectivity index (χ3v) is 3.08. The Morgan fingerprint density at radius 1 is 1.41 bits per heavy atom. The molecule has 5 heteroatoms. The van der Waals surface area contributed by atoms with Gasteiger partial charge in [-0.1, -0.05) is 0 Å². The molecule has 0 aromatic heterocycles. The Morgan fingerprint density at radius 2 is 2.06 bits per heavy atom. The van der Waals surface area contributed by atoms with Crippen molar-refractivity contribution in [2.24, 2.45) is 0 Å². The van der Waals surface area contributed by atoms with Gasteiger partial charge in [-0.25, -0.2) is 0 Å². The molecule has 0 bridgehead atoms. The molecule has 0 aliphatic carbocycles. The van der Waals surface area contributed by atoms with E-state index in [1.807, 2.05) is 0 Å². The molecule has 0 saturated carbocycles. The van der Waals surface area contributed by atoms with E-state index in [0.717, 1.165) is 31.6 Å². The van der Waals surface area contributed by atoms with Crippen LogP contribution >= 0.6 is 0 Å². The quantitative estimate of drug-likeness (QED) is 0.626. The Hall–Kier alpha value is -1.62. The smallest absolute Gasteiger partial charge is 0.269 e. The highest BCUT2D eigenvalue weighted by Crippen LogP contribution is 2.27. The number of hydrogen-bond acceptors (Lipinski definition) is 4. The van der Waals surface area contributed by atoms with Crippen LogP contribution in [0.15, 0.2) is 18.2 Å². The summed E-state index contributed by atoms with van der Waals surface area (Å²) in [6.45, 7) is 5.38. The van der Waals surface area contributed by atoms with Gasteiger partial charge in [-0.05, 0) is 31.4 Å². The first-order valence-corrected chi connectivity index (χ1v) is 5.61. The van der Waals surface area contributed by atoms with E-state index in [4.69, 9.17) is 0 Å². The Balaban J connectivity index is 2.19. The van der Waals surface area contributed by atoms with Crippen molar-refractivity contribution in [3.63, 3.8) is 0 Å². The van der Waals surface area contributed by atoms with E-state index in [0.29, 0.717) is 5.56 Å².